The second kappa shape index (κ2) is 5.34. The lowest BCUT2D eigenvalue weighted by Gasteiger charge is -2.15. The van der Waals surface area contributed by atoms with Gasteiger partial charge < -0.3 is 15.7 Å². The van der Waals surface area contributed by atoms with Gasteiger partial charge in [-0.1, -0.05) is 0 Å². The fourth-order valence-electron chi connectivity index (χ4n) is 2.14. The summed E-state index contributed by atoms with van der Waals surface area (Å²) in [5.41, 5.74) is 6.19. The Morgan fingerprint density at radius 1 is 1.61 bits per heavy atom. The highest BCUT2D eigenvalue weighted by molar-refractivity contribution is 7.13. The number of anilines is 1. The second-order valence-electron chi connectivity index (χ2n) is 4.45. The monoisotopic (exact) mass is 269 g/mol. The molecule has 1 aromatic heterocycles. The lowest BCUT2D eigenvalue weighted by molar-refractivity contribution is -0.138. The van der Waals surface area contributed by atoms with Crippen LogP contribution in [0.3, 0.4) is 0 Å². The van der Waals surface area contributed by atoms with Crippen molar-refractivity contribution >= 4 is 28.3 Å². The van der Waals surface area contributed by atoms with Gasteiger partial charge in [0.2, 0.25) is 5.91 Å². The van der Waals surface area contributed by atoms with E-state index in [9.17, 15) is 9.59 Å². The van der Waals surface area contributed by atoms with Crippen molar-refractivity contribution in [2.75, 3.05) is 18.8 Å². The number of thiazole rings is 1. The van der Waals surface area contributed by atoms with Crippen LogP contribution < -0.4 is 5.73 Å². The van der Waals surface area contributed by atoms with E-state index in [0.29, 0.717) is 23.9 Å². The third-order valence-corrected chi connectivity index (χ3v) is 3.73. The van der Waals surface area contributed by atoms with Gasteiger partial charge in [0.15, 0.2) is 5.13 Å². The first-order chi connectivity index (χ1) is 8.54. The molecular weight excluding hydrogens is 254 g/mol. The number of carboxylic acids is 1. The molecule has 0 aliphatic carbocycles. The number of aliphatic carboxylic acids is 1. The van der Waals surface area contributed by atoms with Crippen molar-refractivity contribution in [3.05, 3.63) is 11.1 Å². The van der Waals surface area contributed by atoms with E-state index in [1.54, 1.807) is 10.3 Å². The summed E-state index contributed by atoms with van der Waals surface area (Å²) in [5.74, 6) is -0.735. The maximum atomic E-state index is 12.0. The molecule has 1 aromatic rings. The van der Waals surface area contributed by atoms with Gasteiger partial charge in [-0.2, -0.15) is 0 Å². The Balaban J connectivity index is 1.85. The average molecular weight is 269 g/mol. The smallest absolute Gasteiger partial charge is 0.303 e. The van der Waals surface area contributed by atoms with E-state index >= 15 is 0 Å². The SMILES string of the molecule is Nc1nc(CC(=O)N2CCC(CC(=O)O)C2)cs1. The zero-order valence-electron chi connectivity index (χ0n) is 9.83. The Hall–Kier alpha value is -1.63. The highest BCUT2D eigenvalue weighted by Gasteiger charge is 2.27. The van der Waals surface area contributed by atoms with E-state index in [1.165, 1.54) is 11.3 Å². The molecular formula is C11H15N3O3S. The highest BCUT2D eigenvalue weighted by Crippen LogP contribution is 2.21. The van der Waals surface area contributed by atoms with Crippen molar-refractivity contribution in [3.63, 3.8) is 0 Å². The first-order valence-corrected chi connectivity index (χ1v) is 6.62. The molecule has 2 rings (SSSR count). The number of amides is 1. The van der Waals surface area contributed by atoms with Crippen molar-refractivity contribution in [1.82, 2.24) is 9.88 Å². The lowest BCUT2D eigenvalue weighted by atomic mass is 10.1. The van der Waals surface area contributed by atoms with Gasteiger partial charge in [-0.15, -0.1) is 11.3 Å². The van der Waals surface area contributed by atoms with E-state index in [1.807, 2.05) is 0 Å². The number of likely N-dealkylation sites (tertiary alicyclic amines) is 1. The fourth-order valence-corrected chi connectivity index (χ4v) is 2.71. The number of carboxylic acid groups (broad SMARTS) is 1. The number of carbonyl (C=O) groups is 2. The van der Waals surface area contributed by atoms with Gasteiger partial charge in [-0.05, 0) is 12.3 Å². The predicted octanol–water partition coefficient (Wildman–Crippen LogP) is 0.591. The van der Waals surface area contributed by atoms with Crippen molar-refractivity contribution in [2.24, 2.45) is 5.92 Å². The summed E-state index contributed by atoms with van der Waals surface area (Å²) < 4.78 is 0. The Morgan fingerprint density at radius 2 is 2.39 bits per heavy atom. The Labute approximate surface area is 108 Å². The van der Waals surface area contributed by atoms with Crippen LogP contribution in [0.4, 0.5) is 5.13 Å². The molecule has 1 aliphatic heterocycles. The van der Waals surface area contributed by atoms with Gasteiger partial charge in [-0.3, -0.25) is 9.59 Å². The summed E-state index contributed by atoms with van der Waals surface area (Å²) in [6.45, 7) is 1.17. The molecule has 1 saturated heterocycles. The number of carbonyl (C=O) groups excluding carboxylic acids is 1. The number of nitrogens with zero attached hydrogens (tertiary/aromatic N) is 2. The molecule has 1 atom stereocenters. The normalized spacial score (nSPS) is 19.1. The maximum absolute atomic E-state index is 12.0. The van der Waals surface area contributed by atoms with Gasteiger partial charge in [-0.25, -0.2) is 4.98 Å². The van der Waals surface area contributed by atoms with E-state index < -0.39 is 5.97 Å². The molecule has 6 nitrogen and oxygen atoms in total. The zero-order chi connectivity index (χ0) is 13.1. The van der Waals surface area contributed by atoms with E-state index in [0.717, 1.165) is 6.42 Å². The van der Waals surface area contributed by atoms with Crippen molar-refractivity contribution in [2.45, 2.75) is 19.3 Å². The van der Waals surface area contributed by atoms with Crippen LogP contribution in [-0.4, -0.2) is 40.0 Å². The summed E-state index contributed by atoms with van der Waals surface area (Å²) in [6.07, 6.45) is 1.14. The van der Waals surface area contributed by atoms with Crippen LogP contribution in [0.5, 0.6) is 0 Å². The maximum Gasteiger partial charge on any atom is 0.303 e. The van der Waals surface area contributed by atoms with E-state index in [-0.39, 0.29) is 24.7 Å². The minimum absolute atomic E-state index is 0.00631. The summed E-state index contributed by atoms with van der Waals surface area (Å²) in [7, 11) is 0. The number of nitrogen functional groups attached to an aromatic ring is 1. The highest BCUT2D eigenvalue weighted by atomic mass is 32.1. The van der Waals surface area contributed by atoms with Crippen LogP contribution in [0.15, 0.2) is 5.38 Å². The van der Waals surface area contributed by atoms with Gasteiger partial charge in [0.1, 0.15) is 0 Å². The van der Waals surface area contributed by atoms with Crippen LogP contribution in [-0.2, 0) is 16.0 Å². The zero-order valence-corrected chi connectivity index (χ0v) is 10.7. The van der Waals surface area contributed by atoms with Gasteiger partial charge >= 0.3 is 5.97 Å². The number of aromatic nitrogens is 1. The molecule has 3 N–H and O–H groups in total. The number of hydrogen-bond donors (Lipinski definition) is 2. The molecule has 0 bridgehead atoms. The Kier molecular flexibility index (Phi) is 3.81. The Morgan fingerprint density at radius 3 is 3.00 bits per heavy atom. The number of nitrogens with two attached hydrogens (primary N) is 1. The quantitative estimate of drug-likeness (QED) is 0.834. The molecule has 2 heterocycles. The third kappa shape index (κ3) is 3.19. The minimum atomic E-state index is -0.804. The molecule has 0 spiro atoms. The molecule has 0 radical (unpaired) electrons. The third-order valence-electron chi connectivity index (χ3n) is 3.00. The topological polar surface area (TPSA) is 96.5 Å². The van der Waals surface area contributed by atoms with Gasteiger partial charge in [0.25, 0.3) is 0 Å². The van der Waals surface area contributed by atoms with Gasteiger partial charge in [0, 0.05) is 24.9 Å². The van der Waals surface area contributed by atoms with Crippen LogP contribution in [0.1, 0.15) is 18.5 Å². The molecule has 1 unspecified atom stereocenters. The molecule has 1 amide bonds. The summed E-state index contributed by atoms with van der Waals surface area (Å²) in [6, 6.07) is 0. The van der Waals surface area contributed by atoms with E-state index in [4.69, 9.17) is 10.8 Å². The standard InChI is InChI=1S/C11H15N3O3S/c12-11-13-8(6-18-11)4-9(15)14-2-1-7(5-14)3-10(16)17/h6-7H,1-5H2,(H2,12,13)(H,16,17). The summed E-state index contributed by atoms with van der Waals surface area (Å²) in [4.78, 5) is 28.3. The first-order valence-electron chi connectivity index (χ1n) is 5.74. The van der Waals surface area contributed by atoms with E-state index in [2.05, 4.69) is 4.98 Å². The predicted molar refractivity (Wildman–Crippen MR) is 67.2 cm³/mol. The lowest BCUT2D eigenvalue weighted by Crippen LogP contribution is -2.30. The molecule has 18 heavy (non-hydrogen) atoms. The van der Waals surface area contributed by atoms with Crippen molar-refractivity contribution < 1.29 is 14.7 Å². The summed E-state index contributed by atoms with van der Waals surface area (Å²) >= 11 is 1.32. The molecule has 1 aliphatic rings. The summed E-state index contributed by atoms with van der Waals surface area (Å²) in [5, 5.41) is 10.9. The van der Waals surface area contributed by atoms with Crippen molar-refractivity contribution in [3.8, 4) is 0 Å². The van der Waals surface area contributed by atoms with Crippen LogP contribution >= 0.6 is 11.3 Å². The number of rotatable bonds is 4. The minimum Gasteiger partial charge on any atom is -0.481 e. The Bertz CT molecular complexity index is 460. The van der Waals surface area contributed by atoms with Crippen LogP contribution in [0, 0.1) is 5.92 Å². The largest absolute Gasteiger partial charge is 0.481 e. The molecule has 0 saturated carbocycles. The fraction of sp³-hybridized carbons (Fsp3) is 0.545. The molecule has 7 heteroatoms. The molecule has 98 valence electrons. The average Bonchev–Trinajstić information content (AvgIpc) is 2.87. The number of hydrogen-bond acceptors (Lipinski definition) is 5. The first kappa shape index (κ1) is 12.8. The molecule has 0 aromatic carbocycles. The van der Waals surface area contributed by atoms with Crippen LogP contribution in [0.25, 0.3) is 0 Å². The van der Waals surface area contributed by atoms with Gasteiger partial charge in [0.05, 0.1) is 12.1 Å². The van der Waals surface area contributed by atoms with Crippen molar-refractivity contribution in [1.29, 1.82) is 0 Å². The van der Waals surface area contributed by atoms with Crippen LogP contribution in [0.2, 0.25) is 0 Å². The second-order valence-corrected chi connectivity index (χ2v) is 5.34. The molecule has 1 fully saturated rings.